The molecule has 0 aromatic heterocycles. The van der Waals surface area contributed by atoms with Crippen molar-refractivity contribution >= 4 is 0 Å². The molecule has 0 amide bonds. The van der Waals surface area contributed by atoms with Crippen LogP contribution in [0.3, 0.4) is 0 Å². The number of hydrogen-bond donors (Lipinski definition) is 1. The summed E-state index contributed by atoms with van der Waals surface area (Å²) in [6.07, 6.45) is 0. The van der Waals surface area contributed by atoms with Crippen molar-refractivity contribution in [2.24, 2.45) is 0 Å². The molecule has 0 radical (unpaired) electrons. The number of nitrogens with one attached hydrogen (secondary N) is 1. The quantitative estimate of drug-likeness (QED) is 0.602. The lowest BCUT2D eigenvalue weighted by Gasteiger charge is -2.48. The molecule has 0 saturated carbocycles. The molecule has 12 heavy (non-hydrogen) atoms. The van der Waals surface area contributed by atoms with Gasteiger partial charge in [0.15, 0.2) is 0 Å². The molecular weight excluding hydrogens is 152 g/mol. The van der Waals surface area contributed by atoms with E-state index in [0.29, 0.717) is 18.1 Å². The fraction of sp³-hybridized carbons (Fsp3) is 1.00. The average Bonchev–Trinajstić information content (AvgIpc) is 2.02. The van der Waals surface area contributed by atoms with Gasteiger partial charge in [0.1, 0.15) is 0 Å². The van der Waals surface area contributed by atoms with Crippen LogP contribution < -0.4 is 5.32 Å². The summed E-state index contributed by atoms with van der Waals surface area (Å²) in [6, 6.07) is 1.88. The summed E-state index contributed by atoms with van der Waals surface area (Å²) in [5.74, 6) is 0. The number of nitrogens with zero attached hydrogens (tertiary/aromatic N) is 1. The van der Waals surface area contributed by atoms with Crippen molar-refractivity contribution in [3.8, 4) is 0 Å². The summed E-state index contributed by atoms with van der Waals surface area (Å²) in [7, 11) is 0. The summed E-state index contributed by atoms with van der Waals surface area (Å²) in [5.41, 5.74) is 0. The third kappa shape index (κ3) is 1.37. The van der Waals surface area contributed by atoms with Gasteiger partial charge in [0, 0.05) is 31.2 Å². The van der Waals surface area contributed by atoms with E-state index in [1.807, 2.05) is 0 Å². The smallest absolute Gasteiger partial charge is 0.0635 e. The van der Waals surface area contributed by atoms with E-state index in [0.717, 1.165) is 26.3 Å². The molecule has 1 N–H and O–H groups in total. The van der Waals surface area contributed by atoms with Crippen LogP contribution in [0.25, 0.3) is 0 Å². The molecule has 0 aromatic carbocycles. The topological polar surface area (TPSA) is 24.5 Å². The van der Waals surface area contributed by atoms with Crippen LogP contribution in [0.2, 0.25) is 0 Å². The first kappa shape index (κ1) is 8.48. The number of morpholine rings is 1. The number of hydrogen-bond acceptors (Lipinski definition) is 3. The van der Waals surface area contributed by atoms with Gasteiger partial charge < -0.3 is 10.1 Å². The van der Waals surface area contributed by atoms with Gasteiger partial charge in [-0.3, -0.25) is 4.90 Å². The SMILES string of the molecule is CC(C)N1[C@H]2CNC[C@H]1COC2. The largest absolute Gasteiger partial charge is 0.378 e. The van der Waals surface area contributed by atoms with Crippen molar-refractivity contribution in [2.75, 3.05) is 26.3 Å². The number of piperazine rings is 1. The van der Waals surface area contributed by atoms with E-state index >= 15 is 0 Å². The molecular formula is C9H18N2O. The molecule has 2 saturated heterocycles. The fourth-order valence-electron chi connectivity index (χ4n) is 2.40. The van der Waals surface area contributed by atoms with E-state index in [9.17, 15) is 0 Å². The maximum Gasteiger partial charge on any atom is 0.0635 e. The van der Waals surface area contributed by atoms with E-state index in [4.69, 9.17) is 4.74 Å². The summed E-state index contributed by atoms with van der Waals surface area (Å²) < 4.78 is 5.54. The molecule has 0 aliphatic carbocycles. The molecule has 70 valence electrons. The molecule has 3 nitrogen and oxygen atoms in total. The summed E-state index contributed by atoms with van der Waals surface area (Å²) in [4.78, 5) is 2.60. The average molecular weight is 170 g/mol. The molecule has 0 unspecified atom stereocenters. The highest BCUT2D eigenvalue weighted by molar-refractivity contribution is 4.91. The first-order valence-electron chi connectivity index (χ1n) is 4.85. The van der Waals surface area contributed by atoms with Gasteiger partial charge in [-0.15, -0.1) is 0 Å². The van der Waals surface area contributed by atoms with Crippen LogP contribution in [-0.4, -0.2) is 49.3 Å². The first-order chi connectivity index (χ1) is 5.79. The Morgan fingerprint density at radius 2 is 1.83 bits per heavy atom. The van der Waals surface area contributed by atoms with Gasteiger partial charge >= 0.3 is 0 Å². The van der Waals surface area contributed by atoms with Gasteiger partial charge in [-0.1, -0.05) is 0 Å². The second kappa shape index (κ2) is 3.32. The van der Waals surface area contributed by atoms with Gasteiger partial charge in [0.2, 0.25) is 0 Å². The highest BCUT2D eigenvalue weighted by Crippen LogP contribution is 2.19. The molecule has 0 aromatic rings. The van der Waals surface area contributed by atoms with Crippen LogP contribution in [0, 0.1) is 0 Å². The lowest BCUT2D eigenvalue weighted by Crippen LogP contribution is -2.65. The molecule has 2 rings (SSSR count). The van der Waals surface area contributed by atoms with Crippen molar-refractivity contribution in [3.63, 3.8) is 0 Å². The molecule has 0 spiro atoms. The molecule has 2 bridgehead atoms. The van der Waals surface area contributed by atoms with Gasteiger partial charge in [-0.25, -0.2) is 0 Å². The standard InChI is InChI=1S/C9H18N2O/c1-7(2)11-8-3-10-4-9(11)6-12-5-8/h7-10H,3-6H2,1-2H3/t8-,9-/m0/s1. The predicted molar refractivity (Wildman–Crippen MR) is 48.2 cm³/mol. The Balaban J connectivity index is 2.08. The molecule has 2 aliphatic heterocycles. The Bertz CT molecular complexity index is 139. The molecule has 3 heteroatoms. The second-order valence-corrected chi connectivity index (χ2v) is 4.04. The first-order valence-corrected chi connectivity index (χ1v) is 4.85. The van der Waals surface area contributed by atoms with Crippen molar-refractivity contribution in [1.82, 2.24) is 10.2 Å². The van der Waals surface area contributed by atoms with Crippen LogP contribution in [0.4, 0.5) is 0 Å². The zero-order valence-corrected chi connectivity index (χ0v) is 7.92. The zero-order chi connectivity index (χ0) is 8.55. The monoisotopic (exact) mass is 170 g/mol. The van der Waals surface area contributed by atoms with Crippen LogP contribution in [-0.2, 0) is 4.74 Å². The summed E-state index contributed by atoms with van der Waals surface area (Å²) in [5, 5.41) is 3.45. The Hall–Kier alpha value is -0.120. The maximum absolute atomic E-state index is 5.54. The van der Waals surface area contributed by atoms with Crippen LogP contribution in [0.5, 0.6) is 0 Å². The van der Waals surface area contributed by atoms with Crippen molar-refractivity contribution < 1.29 is 4.74 Å². The van der Waals surface area contributed by atoms with Gasteiger partial charge in [0.05, 0.1) is 13.2 Å². The van der Waals surface area contributed by atoms with Gasteiger partial charge in [-0.05, 0) is 13.8 Å². The van der Waals surface area contributed by atoms with E-state index < -0.39 is 0 Å². The molecule has 2 aliphatic rings. The Labute approximate surface area is 74.1 Å². The minimum absolute atomic E-state index is 0.609. The number of fused-ring (bicyclic) bond motifs is 2. The molecule has 2 fully saturated rings. The Morgan fingerprint density at radius 1 is 1.25 bits per heavy atom. The predicted octanol–water partition coefficient (Wildman–Crippen LogP) is 0.0674. The van der Waals surface area contributed by atoms with Crippen LogP contribution >= 0.6 is 0 Å². The van der Waals surface area contributed by atoms with Crippen molar-refractivity contribution in [2.45, 2.75) is 32.0 Å². The van der Waals surface area contributed by atoms with E-state index in [1.54, 1.807) is 0 Å². The fourth-order valence-corrected chi connectivity index (χ4v) is 2.40. The van der Waals surface area contributed by atoms with Crippen LogP contribution in [0.15, 0.2) is 0 Å². The molecule has 2 heterocycles. The zero-order valence-electron chi connectivity index (χ0n) is 7.92. The third-order valence-electron chi connectivity index (χ3n) is 2.82. The van der Waals surface area contributed by atoms with Gasteiger partial charge in [-0.2, -0.15) is 0 Å². The highest BCUT2D eigenvalue weighted by atomic mass is 16.5. The van der Waals surface area contributed by atoms with E-state index in [2.05, 4.69) is 24.1 Å². The third-order valence-corrected chi connectivity index (χ3v) is 2.82. The van der Waals surface area contributed by atoms with Gasteiger partial charge in [0.25, 0.3) is 0 Å². The minimum atomic E-state index is 0.609. The summed E-state index contributed by atoms with van der Waals surface area (Å²) in [6.45, 7) is 8.54. The lowest BCUT2D eigenvalue weighted by atomic mass is 10.0. The Morgan fingerprint density at radius 3 is 2.25 bits per heavy atom. The normalized spacial score (nSPS) is 37.2. The van der Waals surface area contributed by atoms with Crippen molar-refractivity contribution in [1.29, 1.82) is 0 Å². The van der Waals surface area contributed by atoms with Crippen LogP contribution in [0.1, 0.15) is 13.8 Å². The van der Waals surface area contributed by atoms with E-state index in [1.165, 1.54) is 0 Å². The Kier molecular flexibility index (Phi) is 2.35. The number of rotatable bonds is 1. The number of ether oxygens (including phenoxy) is 1. The second-order valence-electron chi connectivity index (χ2n) is 4.04. The molecule has 2 atom stereocenters. The van der Waals surface area contributed by atoms with Crippen molar-refractivity contribution in [3.05, 3.63) is 0 Å². The maximum atomic E-state index is 5.54. The summed E-state index contributed by atoms with van der Waals surface area (Å²) >= 11 is 0. The minimum Gasteiger partial charge on any atom is -0.378 e. The highest BCUT2D eigenvalue weighted by Gasteiger charge is 2.35. The lowest BCUT2D eigenvalue weighted by molar-refractivity contribution is -0.0787. The van der Waals surface area contributed by atoms with E-state index in [-0.39, 0.29) is 0 Å².